The van der Waals surface area contributed by atoms with Gasteiger partial charge in [0.1, 0.15) is 17.7 Å². The van der Waals surface area contributed by atoms with Crippen molar-refractivity contribution in [2.24, 2.45) is 11.1 Å². The Morgan fingerprint density at radius 3 is 2.41 bits per heavy atom. The molecule has 1 heterocycles. The highest BCUT2D eigenvalue weighted by atomic mass is 19.1. The molecule has 1 aliphatic rings. The first-order chi connectivity index (χ1) is 12.5. The maximum atomic E-state index is 14.9. The molecule has 27 heavy (non-hydrogen) atoms. The summed E-state index contributed by atoms with van der Waals surface area (Å²) in [5.74, 6) is 0.119. The molecule has 0 fully saturated rings. The minimum absolute atomic E-state index is 0.0287. The van der Waals surface area contributed by atoms with Crippen molar-refractivity contribution in [2.75, 3.05) is 6.61 Å². The first-order valence-corrected chi connectivity index (χ1v) is 9.02. The fraction of sp³-hybridized carbons (Fsp3) is 0.409. The van der Waals surface area contributed by atoms with E-state index in [1.165, 1.54) is 11.6 Å². The van der Waals surface area contributed by atoms with Crippen molar-refractivity contribution in [3.63, 3.8) is 0 Å². The third-order valence-corrected chi connectivity index (χ3v) is 4.99. The molecule has 2 N–H and O–H groups in total. The number of fused-ring (bicyclic) bond motifs is 1. The molecule has 5 heteroatoms. The fourth-order valence-electron chi connectivity index (χ4n) is 3.37. The van der Waals surface area contributed by atoms with Crippen LogP contribution < -0.4 is 10.5 Å². The minimum atomic E-state index is -0.886. The van der Waals surface area contributed by atoms with E-state index < -0.39 is 23.4 Å². The zero-order valence-corrected chi connectivity index (χ0v) is 16.4. The SMILES string of the molecule is CC(C)(C)c1ccc(-c2cc3c(cc2F)C(OC(N)=O)C(C)(C)CO3)cc1. The molecule has 1 unspecified atom stereocenters. The van der Waals surface area contributed by atoms with Gasteiger partial charge in [-0.2, -0.15) is 0 Å². The van der Waals surface area contributed by atoms with Gasteiger partial charge in [0.25, 0.3) is 0 Å². The van der Waals surface area contributed by atoms with Crippen LogP contribution in [0.4, 0.5) is 9.18 Å². The van der Waals surface area contributed by atoms with Crippen LogP contribution >= 0.6 is 0 Å². The Labute approximate surface area is 159 Å². The van der Waals surface area contributed by atoms with Crippen molar-refractivity contribution >= 4 is 6.09 Å². The average Bonchev–Trinajstić information content (AvgIpc) is 2.56. The van der Waals surface area contributed by atoms with Gasteiger partial charge >= 0.3 is 6.09 Å². The Morgan fingerprint density at radius 2 is 1.85 bits per heavy atom. The summed E-state index contributed by atoms with van der Waals surface area (Å²) in [5, 5.41) is 0. The summed E-state index contributed by atoms with van der Waals surface area (Å²) in [5.41, 5.74) is 7.63. The Morgan fingerprint density at radius 1 is 1.22 bits per heavy atom. The van der Waals surface area contributed by atoms with Crippen molar-refractivity contribution < 1.29 is 18.7 Å². The fourth-order valence-corrected chi connectivity index (χ4v) is 3.37. The van der Waals surface area contributed by atoms with Gasteiger partial charge in [-0.3, -0.25) is 0 Å². The largest absolute Gasteiger partial charge is 0.492 e. The van der Waals surface area contributed by atoms with Gasteiger partial charge in [-0.05, 0) is 28.7 Å². The van der Waals surface area contributed by atoms with Gasteiger partial charge in [-0.25, -0.2) is 9.18 Å². The molecule has 0 saturated carbocycles. The minimum Gasteiger partial charge on any atom is -0.492 e. The lowest BCUT2D eigenvalue weighted by Gasteiger charge is -2.38. The summed E-state index contributed by atoms with van der Waals surface area (Å²) in [6.07, 6.45) is -1.55. The molecule has 0 aliphatic carbocycles. The van der Waals surface area contributed by atoms with E-state index in [9.17, 15) is 9.18 Å². The number of amides is 1. The van der Waals surface area contributed by atoms with Crippen LogP contribution in [-0.4, -0.2) is 12.7 Å². The van der Waals surface area contributed by atoms with Crippen molar-refractivity contribution in [3.05, 3.63) is 53.3 Å². The normalized spacial score (nSPS) is 18.4. The number of benzene rings is 2. The highest BCUT2D eigenvalue weighted by Gasteiger charge is 2.41. The molecule has 0 radical (unpaired) electrons. The molecule has 1 aliphatic heterocycles. The monoisotopic (exact) mass is 371 g/mol. The summed E-state index contributed by atoms with van der Waals surface area (Å²) in [7, 11) is 0. The van der Waals surface area contributed by atoms with Gasteiger partial charge in [0.2, 0.25) is 0 Å². The highest BCUT2D eigenvalue weighted by Crippen LogP contribution is 2.47. The third-order valence-electron chi connectivity index (χ3n) is 4.99. The number of rotatable bonds is 2. The van der Waals surface area contributed by atoms with Crippen molar-refractivity contribution in [3.8, 4) is 16.9 Å². The number of carbonyl (C=O) groups excluding carboxylic acids is 1. The van der Waals surface area contributed by atoms with Gasteiger partial charge < -0.3 is 15.2 Å². The molecule has 1 amide bonds. The lowest BCUT2D eigenvalue weighted by molar-refractivity contribution is -0.0178. The van der Waals surface area contributed by atoms with E-state index in [0.29, 0.717) is 23.5 Å². The standard InChI is InChI=1S/C22H26FNO3/c1-21(2,3)14-8-6-13(7-9-14)15-11-18-16(10-17(15)23)19(27-20(24)25)22(4,5)12-26-18/h6-11,19H,12H2,1-5H3,(H2,24,25). The zero-order chi connectivity index (χ0) is 20.0. The topological polar surface area (TPSA) is 61.5 Å². The molecule has 3 rings (SSSR count). The van der Waals surface area contributed by atoms with Crippen molar-refractivity contribution in [1.29, 1.82) is 0 Å². The number of primary amides is 1. The van der Waals surface area contributed by atoms with Crippen LogP contribution in [0.1, 0.15) is 51.8 Å². The van der Waals surface area contributed by atoms with Gasteiger partial charge in [0.05, 0.1) is 6.61 Å². The van der Waals surface area contributed by atoms with E-state index in [4.69, 9.17) is 15.2 Å². The predicted molar refractivity (Wildman–Crippen MR) is 103 cm³/mol. The molecule has 1 atom stereocenters. The second-order valence-electron chi connectivity index (χ2n) is 8.79. The number of nitrogens with two attached hydrogens (primary N) is 1. The number of hydrogen-bond donors (Lipinski definition) is 1. The summed E-state index contributed by atoms with van der Waals surface area (Å²) in [6.45, 7) is 10.5. The molecule has 0 aromatic heterocycles. The second kappa shape index (κ2) is 6.55. The number of carbonyl (C=O) groups is 1. The van der Waals surface area contributed by atoms with Gasteiger partial charge in [-0.1, -0.05) is 58.9 Å². The van der Waals surface area contributed by atoms with E-state index in [-0.39, 0.29) is 5.41 Å². The molecule has 144 valence electrons. The smallest absolute Gasteiger partial charge is 0.405 e. The highest BCUT2D eigenvalue weighted by molar-refractivity contribution is 5.69. The average molecular weight is 371 g/mol. The van der Waals surface area contributed by atoms with E-state index in [1.54, 1.807) is 6.07 Å². The molecule has 0 spiro atoms. The summed E-state index contributed by atoms with van der Waals surface area (Å²) in [6, 6.07) is 10.9. The van der Waals surface area contributed by atoms with Crippen LogP contribution in [0.2, 0.25) is 0 Å². The molecule has 0 bridgehead atoms. The summed E-state index contributed by atoms with van der Waals surface area (Å²) in [4.78, 5) is 11.3. The second-order valence-corrected chi connectivity index (χ2v) is 8.79. The Bertz CT molecular complexity index is 866. The third kappa shape index (κ3) is 3.77. The van der Waals surface area contributed by atoms with Crippen LogP contribution in [-0.2, 0) is 10.2 Å². The molecular weight excluding hydrogens is 345 g/mol. The van der Waals surface area contributed by atoms with Crippen LogP contribution in [0.3, 0.4) is 0 Å². The lowest BCUT2D eigenvalue weighted by atomic mass is 9.80. The van der Waals surface area contributed by atoms with E-state index >= 15 is 0 Å². The Hall–Kier alpha value is -2.56. The molecular formula is C22H26FNO3. The maximum Gasteiger partial charge on any atom is 0.405 e. The van der Waals surface area contributed by atoms with Crippen molar-refractivity contribution in [2.45, 2.75) is 46.1 Å². The van der Waals surface area contributed by atoms with Gasteiger partial charge in [0.15, 0.2) is 0 Å². The molecule has 0 saturated heterocycles. The predicted octanol–water partition coefficient (Wildman–Crippen LogP) is 5.35. The molecule has 2 aromatic rings. The number of ether oxygens (including phenoxy) is 2. The summed E-state index contributed by atoms with van der Waals surface area (Å²) < 4.78 is 26.1. The Balaban J connectivity index is 2.03. The van der Waals surface area contributed by atoms with E-state index in [1.807, 2.05) is 38.1 Å². The van der Waals surface area contributed by atoms with Crippen LogP contribution in [0.5, 0.6) is 5.75 Å². The lowest BCUT2D eigenvalue weighted by Crippen LogP contribution is -2.37. The molecule has 2 aromatic carbocycles. The zero-order valence-electron chi connectivity index (χ0n) is 16.4. The van der Waals surface area contributed by atoms with Crippen LogP contribution in [0.15, 0.2) is 36.4 Å². The summed E-state index contributed by atoms with van der Waals surface area (Å²) >= 11 is 0. The first-order valence-electron chi connectivity index (χ1n) is 9.02. The number of halogens is 1. The molecule has 4 nitrogen and oxygen atoms in total. The quantitative estimate of drug-likeness (QED) is 0.774. The first kappa shape index (κ1) is 19.2. The van der Waals surface area contributed by atoms with E-state index in [0.717, 1.165) is 5.56 Å². The van der Waals surface area contributed by atoms with Crippen molar-refractivity contribution in [1.82, 2.24) is 0 Å². The Kier molecular flexibility index (Phi) is 4.66. The van der Waals surface area contributed by atoms with Crippen LogP contribution in [0, 0.1) is 11.2 Å². The van der Waals surface area contributed by atoms with E-state index in [2.05, 4.69) is 20.8 Å². The number of hydrogen-bond acceptors (Lipinski definition) is 3. The van der Waals surface area contributed by atoms with Gasteiger partial charge in [0, 0.05) is 16.5 Å². The maximum absolute atomic E-state index is 14.9. The van der Waals surface area contributed by atoms with Crippen LogP contribution in [0.25, 0.3) is 11.1 Å². The van der Waals surface area contributed by atoms with Gasteiger partial charge in [-0.15, -0.1) is 0 Å².